The second-order valence-corrected chi connectivity index (χ2v) is 7.70. The molecule has 0 saturated carbocycles. The summed E-state index contributed by atoms with van der Waals surface area (Å²) in [5, 5.41) is 9.41. The van der Waals surface area contributed by atoms with Gasteiger partial charge >= 0.3 is 18.2 Å². The van der Waals surface area contributed by atoms with Crippen LogP contribution < -0.4 is 4.90 Å². The zero-order valence-electron chi connectivity index (χ0n) is 14.0. The van der Waals surface area contributed by atoms with Crippen molar-refractivity contribution in [2.24, 2.45) is 0 Å². The third-order valence-electron chi connectivity index (χ3n) is 4.15. The SMILES string of the molecule is O=C(O)C1CN(S(=O)(=O)c2ccccc2C(F)(F)F)C(=O)N1c1ccccc1. The molecule has 2 amide bonds. The Bertz CT molecular complexity index is 1020. The normalized spacial score (nSPS) is 17.8. The van der Waals surface area contributed by atoms with E-state index in [2.05, 4.69) is 0 Å². The van der Waals surface area contributed by atoms with E-state index in [1.165, 1.54) is 24.3 Å². The lowest BCUT2D eigenvalue weighted by atomic mass is 10.2. The minimum Gasteiger partial charge on any atom is -0.480 e. The van der Waals surface area contributed by atoms with E-state index in [4.69, 9.17) is 0 Å². The van der Waals surface area contributed by atoms with Crippen LogP contribution in [0.3, 0.4) is 0 Å². The Morgan fingerprint density at radius 2 is 1.61 bits per heavy atom. The lowest BCUT2D eigenvalue weighted by molar-refractivity contribution is -0.140. The number of sulfonamides is 1. The first kappa shape index (κ1) is 19.7. The highest BCUT2D eigenvalue weighted by Crippen LogP contribution is 2.37. The Labute approximate surface area is 157 Å². The number of hydrogen-bond acceptors (Lipinski definition) is 4. The molecule has 1 aliphatic rings. The maximum absolute atomic E-state index is 13.2. The molecule has 0 aromatic heterocycles. The van der Waals surface area contributed by atoms with Gasteiger partial charge in [-0.15, -0.1) is 0 Å². The van der Waals surface area contributed by atoms with Crippen LogP contribution in [0.25, 0.3) is 0 Å². The fourth-order valence-electron chi connectivity index (χ4n) is 2.88. The predicted molar refractivity (Wildman–Crippen MR) is 91.1 cm³/mol. The third kappa shape index (κ3) is 3.28. The number of para-hydroxylation sites is 1. The maximum atomic E-state index is 13.2. The van der Waals surface area contributed by atoms with E-state index in [0.29, 0.717) is 6.07 Å². The number of alkyl halides is 3. The number of halogens is 3. The summed E-state index contributed by atoms with van der Waals surface area (Å²) in [5.74, 6) is -1.49. The Kier molecular flexibility index (Phi) is 4.79. The average molecular weight is 414 g/mol. The van der Waals surface area contributed by atoms with Crippen LogP contribution in [-0.4, -0.2) is 42.4 Å². The number of carbonyl (C=O) groups is 2. The van der Waals surface area contributed by atoms with Crippen molar-refractivity contribution in [3.8, 4) is 0 Å². The molecule has 0 radical (unpaired) electrons. The molecular weight excluding hydrogens is 401 g/mol. The van der Waals surface area contributed by atoms with Gasteiger partial charge in [0.15, 0.2) is 6.04 Å². The number of hydrogen-bond donors (Lipinski definition) is 1. The van der Waals surface area contributed by atoms with Crippen molar-refractivity contribution in [3.05, 3.63) is 60.2 Å². The quantitative estimate of drug-likeness (QED) is 0.830. The van der Waals surface area contributed by atoms with Crippen molar-refractivity contribution in [1.29, 1.82) is 0 Å². The van der Waals surface area contributed by atoms with Gasteiger partial charge in [-0.3, -0.25) is 4.90 Å². The summed E-state index contributed by atoms with van der Waals surface area (Å²) in [6.45, 7) is -0.822. The van der Waals surface area contributed by atoms with Crippen LogP contribution in [0.15, 0.2) is 59.5 Å². The molecular formula is C17H13F3N2O5S. The summed E-state index contributed by atoms with van der Waals surface area (Å²) in [6, 6.07) is 8.02. The van der Waals surface area contributed by atoms with Crippen LogP contribution in [-0.2, 0) is 21.0 Å². The van der Waals surface area contributed by atoms with Gasteiger partial charge in [0.25, 0.3) is 10.0 Å². The van der Waals surface area contributed by atoms with Gasteiger partial charge in [0.1, 0.15) is 0 Å². The highest BCUT2D eigenvalue weighted by Gasteiger charge is 2.49. The minimum atomic E-state index is -4.97. The molecule has 2 aromatic carbocycles. The van der Waals surface area contributed by atoms with E-state index in [-0.39, 0.29) is 9.99 Å². The monoisotopic (exact) mass is 414 g/mol. The molecule has 0 aliphatic carbocycles. The van der Waals surface area contributed by atoms with Gasteiger partial charge in [0.2, 0.25) is 0 Å². The summed E-state index contributed by atoms with van der Waals surface area (Å²) < 4.78 is 65.6. The molecule has 1 unspecified atom stereocenters. The molecule has 1 N–H and O–H groups in total. The molecule has 11 heteroatoms. The van der Waals surface area contributed by atoms with Crippen LogP contribution in [0.2, 0.25) is 0 Å². The number of aliphatic carboxylic acids is 1. The first-order valence-corrected chi connectivity index (χ1v) is 9.29. The van der Waals surface area contributed by atoms with Crippen molar-refractivity contribution >= 4 is 27.7 Å². The van der Waals surface area contributed by atoms with Crippen molar-refractivity contribution in [1.82, 2.24) is 4.31 Å². The van der Waals surface area contributed by atoms with Gasteiger partial charge in [-0.2, -0.15) is 13.2 Å². The Morgan fingerprint density at radius 3 is 2.18 bits per heavy atom. The van der Waals surface area contributed by atoms with E-state index in [1.807, 2.05) is 0 Å². The average Bonchev–Trinajstić information content (AvgIpc) is 3.00. The highest BCUT2D eigenvalue weighted by molar-refractivity contribution is 7.89. The van der Waals surface area contributed by atoms with Gasteiger partial charge in [-0.1, -0.05) is 30.3 Å². The molecule has 3 rings (SSSR count). The van der Waals surface area contributed by atoms with Crippen LogP contribution in [0.1, 0.15) is 5.56 Å². The van der Waals surface area contributed by atoms with Gasteiger partial charge < -0.3 is 5.11 Å². The summed E-state index contributed by atoms with van der Waals surface area (Å²) in [5.41, 5.74) is -1.32. The van der Waals surface area contributed by atoms with E-state index >= 15 is 0 Å². The molecule has 148 valence electrons. The molecule has 1 aliphatic heterocycles. The van der Waals surface area contributed by atoms with E-state index in [0.717, 1.165) is 23.1 Å². The standard InChI is InChI=1S/C17H13F3N2O5S/c18-17(19,20)12-8-4-5-9-14(12)28(26,27)21-10-13(15(23)24)22(16(21)25)11-6-2-1-3-7-11/h1-9,13H,10H2,(H,23,24). The summed E-state index contributed by atoms with van der Waals surface area (Å²) in [4.78, 5) is 23.9. The molecule has 1 atom stereocenters. The number of urea groups is 1. The van der Waals surface area contributed by atoms with Gasteiger partial charge in [-0.05, 0) is 24.3 Å². The second kappa shape index (κ2) is 6.82. The van der Waals surface area contributed by atoms with Crippen LogP contribution >= 0.6 is 0 Å². The Morgan fingerprint density at radius 1 is 1.04 bits per heavy atom. The molecule has 2 aromatic rings. The molecule has 1 fully saturated rings. The largest absolute Gasteiger partial charge is 0.480 e. The number of nitrogens with zero attached hydrogens (tertiary/aromatic N) is 2. The molecule has 1 saturated heterocycles. The number of benzene rings is 2. The topological polar surface area (TPSA) is 95.0 Å². The van der Waals surface area contributed by atoms with Gasteiger partial charge in [-0.25, -0.2) is 22.3 Å². The van der Waals surface area contributed by atoms with Crippen molar-refractivity contribution < 1.29 is 36.3 Å². The molecule has 7 nitrogen and oxygen atoms in total. The number of amides is 2. The maximum Gasteiger partial charge on any atom is 0.417 e. The van der Waals surface area contributed by atoms with Gasteiger partial charge in [0.05, 0.1) is 17.0 Å². The fourth-order valence-corrected chi connectivity index (χ4v) is 4.46. The highest BCUT2D eigenvalue weighted by atomic mass is 32.2. The second-order valence-electron chi connectivity index (χ2n) is 5.87. The van der Waals surface area contributed by atoms with Crippen LogP contribution in [0.4, 0.5) is 23.7 Å². The van der Waals surface area contributed by atoms with E-state index in [9.17, 15) is 36.3 Å². The Balaban J connectivity index is 2.10. The Hall–Kier alpha value is -3.08. The number of carboxylic acids is 1. The summed E-state index contributed by atoms with van der Waals surface area (Å²) >= 11 is 0. The smallest absolute Gasteiger partial charge is 0.417 e. The third-order valence-corrected chi connectivity index (χ3v) is 5.95. The number of rotatable bonds is 4. The van der Waals surface area contributed by atoms with E-state index in [1.54, 1.807) is 6.07 Å². The number of carbonyl (C=O) groups excluding carboxylic acids is 1. The first-order chi connectivity index (χ1) is 13.0. The minimum absolute atomic E-state index is 0.113. The zero-order chi connectivity index (χ0) is 20.7. The number of anilines is 1. The fraction of sp³-hybridized carbons (Fsp3) is 0.176. The predicted octanol–water partition coefficient (Wildman–Crippen LogP) is 2.79. The van der Waals surface area contributed by atoms with Crippen LogP contribution in [0, 0.1) is 0 Å². The molecule has 0 spiro atoms. The van der Waals surface area contributed by atoms with Crippen LogP contribution in [0.5, 0.6) is 0 Å². The molecule has 1 heterocycles. The van der Waals surface area contributed by atoms with Gasteiger partial charge in [0, 0.05) is 5.69 Å². The zero-order valence-corrected chi connectivity index (χ0v) is 14.8. The van der Waals surface area contributed by atoms with E-state index < -0.39 is 51.2 Å². The van der Waals surface area contributed by atoms with Crippen molar-refractivity contribution in [3.63, 3.8) is 0 Å². The number of carboxylic acid groups (broad SMARTS) is 1. The first-order valence-electron chi connectivity index (χ1n) is 7.85. The molecule has 0 bridgehead atoms. The van der Waals surface area contributed by atoms with Crippen molar-refractivity contribution in [2.75, 3.05) is 11.4 Å². The summed E-state index contributed by atoms with van der Waals surface area (Å²) in [7, 11) is -4.95. The summed E-state index contributed by atoms with van der Waals surface area (Å²) in [6.07, 6.45) is -4.97. The lowest BCUT2D eigenvalue weighted by Crippen LogP contribution is -2.40. The molecule has 28 heavy (non-hydrogen) atoms. The van der Waals surface area contributed by atoms with Crippen molar-refractivity contribution in [2.45, 2.75) is 17.1 Å². The lowest BCUT2D eigenvalue weighted by Gasteiger charge is -2.21.